The molecule has 0 amide bonds. The minimum absolute atomic E-state index is 0.418. The van der Waals surface area contributed by atoms with Crippen LogP contribution in [-0.4, -0.2) is 44.1 Å². The molecule has 1 fully saturated rings. The molecule has 33 heavy (non-hydrogen) atoms. The van der Waals surface area contributed by atoms with Crippen LogP contribution in [0.4, 0.5) is 0 Å². The van der Waals surface area contributed by atoms with Crippen LogP contribution >= 0.6 is 11.3 Å². The van der Waals surface area contributed by atoms with E-state index in [1.54, 1.807) is 11.2 Å². The van der Waals surface area contributed by atoms with Gasteiger partial charge in [0, 0.05) is 34.3 Å². The highest BCUT2D eigenvalue weighted by molar-refractivity contribution is 7.19. The lowest BCUT2D eigenvalue weighted by Crippen LogP contribution is -2.28. The first-order valence-corrected chi connectivity index (χ1v) is 12.8. The summed E-state index contributed by atoms with van der Waals surface area (Å²) in [6.45, 7) is 15.9. The summed E-state index contributed by atoms with van der Waals surface area (Å²) in [6.07, 6.45) is 7.35. The number of hydrogen-bond acceptors (Lipinski definition) is 5. The Morgan fingerprint density at radius 2 is 2.12 bits per heavy atom. The van der Waals surface area contributed by atoms with E-state index < -0.39 is 0 Å². The standard InChI is InChI=1S/C26H34N6S/c1-15(2)21-22-18(5)24(19-7-6-9-31(10-8-19)12-17(4)27)33-26(22)30-23(21)20-11-16(3)25-28-14-29-32(25)13-20/h11,13-15,19,30H,4,6-10,12,27H2,1-3,5H3/t19-/m0/s1. The fourth-order valence-corrected chi connectivity index (χ4v) is 6.93. The van der Waals surface area contributed by atoms with Crippen LogP contribution in [0.25, 0.3) is 27.1 Å². The molecule has 0 aliphatic carbocycles. The Morgan fingerprint density at radius 1 is 1.30 bits per heavy atom. The average Bonchev–Trinajstić information content (AvgIpc) is 3.40. The van der Waals surface area contributed by atoms with Gasteiger partial charge in [-0.3, -0.25) is 4.90 Å². The molecule has 5 heterocycles. The summed E-state index contributed by atoms with van der Waals surface area (Å²) >= 11 is 1.96. The van der Waals surface area contributed by atoms with Crippen LogP contribution in [0.5, 0.6) is 0 Å². The summed E-state index contributed by atoms with van der Waals surface area (Å²) in [5.41, 5.74) is 14.0. The number of aryl methyl sites for hydroxylation is 2. The summed E-state index contributed by atoms with van der Waals surface area (Å²) in [7, 11) is 0. The number of nitrogens with zero attached hydrogens (tertiary/aromatic N) is 4. The molecule has 3 N–H and O–H groups in total. The maximum Gasteiger partial charge on any atom is 0.158 e. The largest absolute Gasteiger partial charge is 0.401 e. The number of hydrogen-bond donors (Lipinski definition) is 2. The van der Waals surface area contributed by atoms with Crippen molar-refractivity contribution in [2.45, 2.75) is 58.8 Å². The fourth-order valence-electron chi connectivity index (χ4n) is 5.54. The Bertz CT molecular complexity index is 1320. The Kier molecular flexibility index (Phi) is 5.79. The highest BCUT2D eigenvalue weighted by atomic mass is 32.1. The summed E-state index contributed by atoms with van der Waals surface area (Å²) in [5, 5.41) is 5.81. The zero-order valence-electron chi connectivity index (χ0n) is 20.1. The Balaban J connectivity index is 1.54. The quantitative estimate of drug-likeness (QED) is 0.398. The van der Waals surface area contributed by atoms with Crippen molar-refractivity contribution in [1.29, 1.82) is 0 Å². The van der Waals surface area contributed by atoms with E-state index in [1.165, 1.54) is 51.9 Å². The molecule has 1 atom stereocenters. The van der Waals surface area contributed by atoms with Crippen molar-refractivity contribution in [2.24, 2.45) is 5.73 Å². The van der Waals surface area contributed by atoms with E-state index in [1.807, 2.05) is 15.9 Å². The predicted octanol–water partition coefficient (Wildman–Crippen LogP) is 5.72. The summed E-state index contributed by atoms with van der Waals surface area (Å²) in [6, 6.07) is 2.23. The van der Waals surface area contributed by atoms with Gasteiger partial charge in [-0.1, -0.05) is 20.4 Å². The maximum absolute atomic E-state index is 5.87. The van der Waals surface area contributed by atoms with Gasteiger partial charge >= 0.3 is 0 Å². The third kappa shape index (κ3) is 3.97. The van der Waals surface area contributed by atoms with Crippen LogP contribution in [0.15, 0.2) is 30.9 Å². The monoisotopic (exact) mass is 462 g/mol. The van der Waals surface area contributed by atoms with Gasteiger partial charge in [0.05, 0.1) is 5.69 Å². The third-order valence-corrected chi connectivity index (χ3v) is 8.37. The van der Waals surface area contributed by atoms with Crippen LogP contribution in [-0.2, 0) is 0 Å². The van der Waals surface area contributed by atoms with Crippen LogP contribution in [0.3, 0.4) is 0 Å². The first-order chi connectivity index (χ1) is 15.8. The van der Waals surface area contributed by atoms with E-state index in [2.05, 4.69) is 66.5 Å². The van der Waals surface area contributed by atoms with Crippen molar-refractivity contribution in [1.82, 2.24) is 24.5 Å². The van der Waals surface area contributed by atoms with Gasteiger partial charge in [-0.05, 0) is 80.8 Å². The number of thiophene rings is 1. The van der Waals surface area contributed by atoms with Crippen molar-refractivity contribution < 1.29 is 0 Å². The van der Waals surface area contributed by atoms with Crippen molar-refractivity contribution in [3.8, 4) is 11.3 Å². The Morgan fingerprint density at radius 3 is 2.88 bits per heavy atom. The first kappa shape index (κ1) is 22.2. The predicted molar refractivity (Wildman–Crippen MR) is 138 cm³/mol. The molecular weight excluding hydrogens is 428 g/mol. The van der Waals surface area contributed by atoms with Crippen LogP contribution in [0, 0.1) is 13.8 Å². The van der Waals surface area contributed by atoms with Crippen molar-refractivity contribution in [3.05, 3.63) is 52.4 Å². The molecule has 7 heteroatoms. The van der Waals surface area contributed by atoms with Gasteiger partial charge in [0.15, 0.2) is 5.65 Å². The van der Waals surface area contributed by atoms with Gasteiger partial charge in [-0.25, -0.2) is 9.50 Å². The van der Waals surface area contributed by atoms with Crippen LogP contribution < -0.4 is 5.73 Å². The average molecular weight is 463 g/mol. The molecular formula is C26H34N6S. The lowest BCUT2D eigenvalue weighted by molar-refractivity contribution is 0.307. The van der Waals surface area contributed by atoms with E-state index in [9.17, 15) is 0 Å². The number of nitrogens with one attached hydrogen (secondary N) is 1. The molecule has 1 aliphatic heterocycles. The SMILES string of the molecule is C=C(N)CN1CCC[C@H](c2sc3[nH]c(-c4cc(C)c5ncnn5c4)c(C(C)C)c3c2C)CC1. The third-order valence-electron chi connectivity index (χ3n) is 7.00. The van der Waals surface area contributed by atoms with E-state index in [4.69, 9.17) is 5.73 Å². The number of nitrogens with two attached hydrogens (primary N) is 1. The van der Waals surface area contributed by atoms with E-state index in [0.29, 0.717) is 11.8 Å². The topological polar surface area (TPSA) is 75.2 Å². The van der Waals surface area contributed by atoms with Gasteiger partial charge in [0.25, 0.3) is 0 Å². The lowest BCUT2D eigenvalue weighted by Gasteiger charge is -2.19. The second kappa shape index (κ2) is 8.61. The summed E-state index contributed by atoms with van der Waals surface area (Å²) < 4.78 is 1.88. The number of aromatic nitrogens is 4. The molecule has 1 saturated heterocycles. The Labute approximate surface area is 199 Å². The normalized spacial score (nSPS) is 17.9. The highest BCUT2D eigenvalue weighted by Crippen LogP contribution is 2.45. The van der Waals surface area contributed by atoms with Crippen molar-refractivity contribution in [3.63, 3.8) is 0 Å². The molecule has 0 unspecified atom stereocenters. The van der Waals surface area contributed by atoms with Gasteiger partial charge in [0.2, 0.25) is 0 Å². The van der Waals surface area contributed by atoms with E-state index in [0.717, 1.165) is 36.5 Å². The number of aromatic amines is 1. The summed E-state index contributed by atoms with van der Waals surface area (Å²) in [4.78, 5) is 13.5. The molecule has 1 aliphatic rings. The van der Waals surface area contributed by atoms with E-state index in [-0.39, 0.29) is 0 Å². The molecule has 174 valence electrons. The molecule has 0 bridgehead atoms. The zero-order valence-corrected chi connectivity index (χ0v) is 20.9. The Hall–Kier alpha value is -2.64. The second-order valence-corrected chi connectivity index (χ2v) is 10.9. The number of H-pyrrole nitrogens is 1. The van der Waals surface area contributed by atoms with Gasteiger partial charge < -0.3 is 10.7 Å². The second-order valence-electron chi connectivity index (χ2n) is 9.87. The molecule has 5 rings (SSSR count). The number of rotatable bonds is 5. The highest BCUT2D eigenvalue weighted by Gasteiger charge is 2.27. The van der Waals surface area contributed by atoms with Gasteiger partial charge in [-0.2, -0.15) is 5.10 Å². The molecule has 0 saturated carbocycles. The molecule has 4 aromatic heterocycles. The molecule has 0 radical (unpaired) electrons. The minimum atomic E-state index is 0.418. The lowest BCUT2D eigenvalue weighted by atomic mass is 9.92. The van der Waals surface area contributed by atoms with Crippen molar-refractivity contribution >= 4 is 27.2 Å². The fraction of sp³-hybridized carbons (Fsp3) is 0.462. The summed E-state index contributed by atoms with van der Waals surface area (Å²) in [5.74, 6) is 1.03. The van der Waals surface area contributed by atoms with Crippen LogP contribution in [0.1, 0.15) is 66.5 Å². The zero-order chi connectivity index (χ0) is 23.3. The van der Waals surface area contributed by atoms with E-state index >= 15 is 0 Å². The molecule has 0 spiro atoms. The molecule has 0 aromatic carbocycles. The first-order valence-electron chi connectivity index (χ1n) is 11.9. The number of fused-ring (bicyclic) bond motifs is 2. The number of likely N-dealkylation sites (tertiary alicyclic amines) is 1. The van der Waals surface area contributed by atoms with Gasteiger partial charge in [0.1, 0.15) is 11.2 Å². The van der Waals surface area contributed by atoms with Crippen molar-refractivity contribution in [2.75, 3.05) is 19.6 Å². The number of pyridine rings is 1. The van der Waals surface area contributed by atoms with Crippen LogP contribution in [0.2, 0.25) is 0 Å². The smallest absolute Gasteiger partial charge is 0.158 e. The maximum atomic E-state index is 5.87. The van der Waals surface area contributed by atoms with Gasteiger partial charge in [-0.15, -0.1) is 11.3 Å². The minimum Gasteiger partial charge on any atom is -0.401 e. The molecule has 6 nitrogen and oxygen atoms in total. The molecule has 4 aromatic rings.